The molecule has 1 aliphatic heterocycles. The van der Waals surface area contributed by atoms with Crippen molar-refractivity contribution in [3.8, 4) is 0 Å². The molecule has 0 spiro atoms. The van der Waals surface area contributed by atoms with E-state index in [-0.39, 0.29) is 6.03 Å². The molecule has 134 valence electrons. The average Bonchev–Trinajstić information content (AvgIpc) is 2.55. The van der Waals surface area contributed by atoms with Crippen LogP contribution in [0.3, 0.4) is 0 Å². The van der Waals surface area contributed by atoms with Crippen LogP contribution in [-0.2, 0) is 0 Å². The highest BCUT2D eigenvalue weighted by atomic mass is 16.2. The van der Waals surface area contributed by atoms with Crippen molar-refractivity contribution < 1.29 is 4.79 Å². The summed E-state index contributed by atoms with van der Waals surface area (Å²) in [7, 11) is 0. The second-order valence-electron chi connectivity index (χ2n) is 7.64. The van der Waals surface area contributed by atoms with Gasteiger partial charge in [0, 0.05) is 31.9 Å². The summed E-state index contributed by atoms with van der Waals surface area (Å²) in [5.41, 5.74) is 3.32. The third-order valence-corrected chi connectivity index (χ3v) is 4.84. The summed E-state index contributed by atoms with van der Waals surface area (Å²) in [5.74, 6) is 1.13. The average molecular weight is 332 g/mol. The first-order chi connectivity index (χ1) is 11.4. The maximum Gasteiger partial charge on any atom is 0.321 e. The number of anilines is 1. The van der Waals surface area contributed by atoms with Gasteiger partial charge in [0.25, 0.3) is 0 Å². The van der Waals surface area contributed by atoms with E-state index < -0.39 is 0 Å². The lowest BCUT2D eigenvalue weighted by Gasteiger charge is -2.35. The first kappa shape index (κ1) is 18.8. The summed E-state index contributed by atoms with van der Waals surface area (Å²) < 4.78 is 0. The molecular formula is C20H33N3O. The number of aryl methyl sites for hydroxylation is 1. The first-order valence-corrected chi connectivity index (χ1v) is 9.26. The van der Waals surface area contributed by atoms with Crippen molar-refractivity contribution in [1.29, 1.82) is 0 Å². The zero-order chi connectivity index (χ0) is 17.7. The van der Waals surface area contributed by atoms with Crippen LogP contribution in [0.5, 0.6) is 0 Å². The molecule has 1 aromatic carbocycles. The van der Waals surface area contributed by atoms with Gasteiger partial charge in [-0.25, -0.2) is 4.79 Å². The van der Waals surface area contributed by atoms with E-state index in [2.05, 4.69) is 63.0 Å². The van der Waals surface area contributed by atoms with Crippen LogP contribution in [0, 0.1) is 12.8 Å². The quantitative estimate of drug-likeness (QED) is 0.872. The number of carbonyl (C=O) groups is 1. The normalized spacial score (nSPS) is 16.0. The lowest BCUT2D eigenvalue weighted by molar-refractivity contribution is 0.143. The lowest BCUT2D eigenvalue weighted by Crippen LogP contribution is -2.50. The summed E-state index contributed by atoms with van der Waals surface area (Å²) in [6.07, 6.45) is 1.23. The van der Waals surface area contributed by atoms with Crippen molar-refractivity contribution in [2.75, 3.05) is 38.0 Å². The number of benzene rings is 1. The predicted molar refractivity (Wildman–Crippen MR) is 102 cm³/mol. The Morgan fingerprint density at radius 1 is 1.12 bits per heavy atom. The van der Waals surface area contributed by atoms with E-state index in [1.54, 1.807) is 0 Å². The van der Waals surface area contributed by atoms with Gasteiger partial charge in [-0.05, 0) is 42.9 Å². The Hall–Kier alpha value is -1.55. The van der Waals surface area contributed by atoms with Crippen LogP contribution in [0.15, 0.2) is 18.2 Å². The Labute approximate surface area is 147 Å². The summed E-state index contributed by atoms with van der Waals surface area (Å²) in [5, 5.41) is 3.16. The molecule has 0 saturated carbocycles. The number of urea groups is 1. The lowest BCUT2D eigenvalue weighted by atomic mass is 9.98. The number of carbonyl (C=O) groups excluding carboxylic acids is 1. The minimum absolute atomic E-state index is 0.0368. The zero-order valence-corrected chi connectivity index (χ0v) is 15.9. The summed E-state index contributed by atoms with van der Waals surface area (Å²) in [6, 6.07) is 6.27. The monoisotopic (exact) mass is 331 g/mol. The van der Waals surface area contributed by atoms with Crippen LogP contribution < -0.4 is 5.32 Å². The van der Waals surface area contributed by atoms with E-state index in [1.165, 1.54) is 12.0 Å². The number of hydrogen-bond donors (Lipinski definition) is 1. The number of amides is 2. The summed E-state index contributed by atoms with van der Waals surface area (Å²) in [6.45, 7) is 15.6. The highest BCUT2D eigenvalue weighted by Gasteiger charge is 2.22. The van der Waals surface area contributed by atoms with Gasteiger partial charge in [0.2, 0.25) is 0 Å². The number of piperazine rings is 1. The van der Waals surface area contributed by atoms with Crippen molar-refractivity contribution in [3.05, 3.63) is 29.3 Å². The van der Waals surface area contributed by atoms with Gasteiger partial charge in [-0.3, -0.25) is 4.90 Å². The van der Waals surface area contributed by atoms with Crippen molar-refractivity contribution in [2.45, 2.75) is 47.0 Å². The SMILES string of the molecule is Cc1cccc(C(C)C)c1NC(=O)N1CCN(CCC(C)C)CC1. The van der Waals surface area contributed by atoms with E-state index in [0.717, 1.165) is 49.9 Å². The first-order valence-electron chi connectivity index (χ1n) is 9.26. The molecular weight excluding hydrogens is 298 g/mol. The molecule has 2 amide bonds. The Balaban J connectivity index is 1.93. The van der Waals surface area contributed by atoms with Crippen molar-refractivity contribution in [3.63, 3.8) is 0 Å². The number of hydrogen-bond acceptors (Lipinski definition) is 2. The van der Waals surface area contributed by atoms with E-state index >= 15 is 0 Å². The van der Waals surface area contributed by atoms with Gasteiger partial charge in [-0.1, -0.05) is 45.9 Å². The van der Waals surface area contributed by atoms with Crippen LogP contribution >= 0.6 is 0 Å². The van der Waals surface area contributed by atoms with Crippen molar-refractivity contribution in [2.24, 2.45) is 5.92 Å². The molecule has 1 N–H and O–H groups in total. The number of para-hydroxylation sites is 1. The Morgan fingerprint density at radius 3 is 2.38 bits per heavy atom. The standard InChI is InChI=1S/C20H33N3O/c1-15(2)9-10-22-11-13-23(14-12-22)20(24)21-19-17(5)7-6-8-18(19)16(3)4/h6-8,15-16H,9-14H2,1-5H3,(H,21,24). The Kier molecular flexibility index (Phi) is 6.67. The third kappa shape index (κ3) is 4.97. The van der Waals surface area contributed by atoms with Gasteiger partial charge < -0.3 is 10.2 Å². The molecule has 1 aromatic rings. The van der Waals surface area contributed by atoms with E-state index in [0.29, 0.717) is 5.92 Å². The van der Waals surface area contributed by atoms with E-state index in [1.807, 2.05) is 4.90 Å². The van der Waals surface area contributed by atoms with Crippen LogP contribution in [-0.4, -0.2) is 48.6 Å². The molecule has 2 rings (SSSR count). The van der Waals surface area contributed by atoms with Gasteiger partial charge in [-0.15, -0.1) is 0 Å². The molecule has 0 aromatic heterocycles. The maximum atomic E-state index is 12.7. The molecule has 24 heavy (non-hydrogen) atoms. The highest BCUT2D eigenvalue weighted by molar-refractivity contribution is 5.91. The van der Waals surface area contributed by atoms with Gasteiger partial charge in [0.05, 0.1) is 0 Å². The molecule has 4 heteroatoms. The zero-order valence-electron chi connectivity index (χ0n) is 15.9. The molecule has 0 aliphatic carbocycles. The minimum Gasteiger partial charge on any atom is -0.322 e. The van der Waals surface area contributed by atoms with Crippen LogP contribution in [0.1, 0.15) is 51.2 Å². The molecule has 0 bridgehead atoms. The summed E-state index contributed by atoms with van der Waals surface area (Å²) in [4.78, 5) is 17.1. The van der Waals surface area contributed by atoms with E-state index in [9.17, 15) is 4.79 Å². The molecule has 0 radical (unpaired) electrons. The van der Waals surface area contributed by atoms with Crippen LogP contribution in [0.25, 0.3) is 0 Å². The van der Waals surface area contributed by atoms with E-state index in [4.69, 9.17) is 0 Å². The summed E-state index contributed by atoms with van der Waals surface area (Å²) >= 11 is 0. The predicted octanol–water partition coefficient (Wildman–Crippen LogP) is 4.31. The largest absolute Gasteiger partial charge is 0.322 e. The van der Waals surface area contributed by atoms with Gasteiger partial charge in [0.15, 0.2) is 0 Å². The molecule has 0 unspecified atom stereocenters. The molecule has 1 fully saturated rings. The molecule has 4 nitrogen and oxygen atoms in total. The Morgan fingerprint density at radius 2 is 1.79 bits per heavy atom. The number of nitrogens with one attached hydrogen (secondary N) is 1. The van der Waals surface area contributed by atoms with Crippen LogP contribution in [0.2, 0.25) is 0 Å². The number of rotatable bonds is 5. The molecule has 1 aliphatic rings. The van der Waals surface area contributed by atoms with Gasteiger partial charge >= 0.3 is 6.03 Å². The maximum absolute atomic E-state index is 12.7. The third-order valence-electron chi connectivity index (χ3n) is 4.84. The minimum atomic E-state index is 0.0368. The van der Waals surface area contributed by atoms with Crippen LogP contribution in [0.4, 0.5) is 10.5 Å². The highest BCUT2D eigenvalue weighted by Crippen LogP contribution is 2.27. The smallest absolute Gasteiger partial charge is 0.321 e. The van der Waals surface area contributed by atoms with Gasteiger partial charge in [0.1, 0.15) is 0 Å². The Bertz CT molecular complexity index is 546. The van der Waals surface area contributed by atoms with Crippen molar-refractivity contribution in [1.82, 2.24) is 9.80 Å². The van der Waals surface area contributed by atoms with Crippen molar-refractivity contribution >= 4 is 11.7 Å². The second-order valence-corrected chi connectivity index (χ2v) is 7.64. The van der Waals surface area contributed by atoms with Gasteiger partial charge in [-0.2, -0.15) is 0 Å². The fraction of sp³-hybridized carbons (Fsp3) is 0.650. The second kappa shape index (κ2) is 8.52. The number of nitrogens with zero attached hydrogens (tertiary/aromatic N) is 2. The molecule has 0 atom stereocenters. The fourth-order valence-corrected chi connectivity index (χ4v) is 3.14. The molecule has 1 saturated heterocycles. The molecule has 1 heterocycles. The fourth-order valence-electron chi connectivity index (χ4n) is 3.14. The topological polar surface area (TPSA) is 35.6 Å².